The minimum atomic E-state index is 0.104. The third-order valence-corrected chi connectivity index (χ3v) is 5.54. The van der Waals surface area contributed by atoms with Gasteiger partial charge in [-0.25, -0.2) is 0 Å². The van der Waals surface area contributed by atoms with Crippen LogP contribution in [0.5, 0.6) is 0 Å². The van der Waals surface area contributed by atoms with E-state index in [2.05, 4.69) is 42.8 Å². The number of aryl methyl sites for hydroxylation is 1. The smallest absolute Gasteiger partial charge is 0.221 e. The third-order valence-electron chi connectivity index (χ3n) is 5.54. The molecule has 164 valence electrons. The molecule has 0 spiro atoms. The van der Waals surface area contributed by atoms with Crippen molar-refractivity contribution in [3.63, 3.8) is 0 Å². The number of amides is 1. The number of nitrogens with one attached hydrogen (secondary N) is 1. The predicted octanol–water partition coefficient (Wildman–Crippen LogP) is 4.29. The molecule has 1 atom stereocenters. The van der Waals surface area contributed by atoms with Crippen molar-refractivity contribution in [3.05, 3.63) is 29.3 Å². The number of benzene rings is 1. The maximum atomic E-state index is 12.4. The molecule has 0 aliphatic carbocycles. The van der Waals surface area contributed by atoms with Crippen LogP contribution >= 0.6 is 0 Å². The Labute approximate surface area is 177 Å². The second-order valence-electron chi connectivity index (χ2n) is 7.92. The Kier molecular flexibility index (Phi) is 12.3. The highest BCUT2D eigenvalue weighted by Crippen LogP contribution is 2.23. The summed E-state index contributed by atoms with van der Waals surface area (Å²) in [6, 6.07) is 6.04. The van der Waals surface area contributed by atoms with E-state index in [1.165, 1.54) is 5.56 Å². The number of rotatable bonds is 15. The van der Waals surface area contributed by atoms with Crippen LogP contribution in [0.25, 0.3) is 0 Å². The first-order valence-electron chi connectivity index (χ1n) is 11.3. The Bertz CT molecular complexity index is 614. The molecule has 0 fully saturated rings. The monoisotopic (exact) mass is 403 g/mol. The molecule has 0 bridgehead atoms. The molecule has 0 saturated heterocycles. The van der Waals surface area contributed by atoms with E-state index in [0.29, 0.717) is 18.5 Å². The number of unbranched alkanes of at least 4 members (excludes halogenated alkanes) is 1. The fourth-order valence-electron chi connectivity index (χ4n) is 3.59. The number of carbonyl (C=O) groups is 2. The Morgan fingerprint density at radius 1 is 1.14 bits per heavy atom. The van der Waals surface area contributed by atoms with Gasteiger partial charge in [0.1, 0.15) is 6.29 Å². The lowest BCUT2D eigenvalue weighted by molar-refractivity contribution is -0.121. The lowest BCUT2D eigenvalue weighted by Crippen LogP contribution is -2.35. The molecule has 0 aliphatic rings. The van der Waals surface area contributed by atoms with Crippen molar-refractivity contribution in [3.8, 4) is 0 Å². The lowest BCUT2D eigenvalue weighted by atomic mass is 10.0. The highest BCUT2D eigenvalue weighted by molar-refractivity contribution is 5.78. The third kappa shape index (κ3) is 9.44. The van der Waals surface area contributed by atoms with Crippen LogP contribution in [0.2, 0.25) is 0 Å². The van der Waals surface area contributed by atoms with Gasteiger partial charge in [-0.15, -0.1) is 0 Å². The molecule has 1 N–H and O–H groups in total. The molecule has 0 heterocycles. The predicted molar refractivity (Wildman–Crippen MR) is 123 cm³/mol. The van der Waals surface area contributed by atoms with Gasteiger partial charge in [-0.1, -0.05) is 27.2 Å². The zero-order chi connectivity index (χ0) is 21.6. The van der Waals surface area contributed by atoms with Crippen LogP contribution in [0.3, 0.4) is 0 Å². The fourth-order valence-corrected chi connectivity index (χ4v) is 3.59. The molecule has 0 aliphatic heterocycles. The van der Waals surface area contributed by atoms with E-state index in [-0.39, 0.29) is 11.9 Å². The van der Waals surface area contributed by atoms with E-state index >= 15 is 0 Å². The Morgan fingerprint density at radius 2 is 1.86 bits per heavy atom. The van der Waals surface area contributed by atoms with Crippen LogP contribution in [0, 0.1) is 0 Å². The van der Waals surface area contributed by atoms with Crippen molar-refractivity contribution < 1.29 is 9.59 Å². The van der Waals surface area contributed by atoms with Gasteiger partial charge in [-0.2, -0.15) is 0 Å². The van der Waals surface area contributed by atoms with Gasteiger partial charge >= 0.3 is 0 Å². The second-order valence-corrected chi connectivity index (χ2v) is 7.92. The highest BCUT2D eigenvalue weighted by atomic mass is 16.1. The number of nitrogens with zero attached hydrogens (tertiary/aromatic N) is 2. The van der Waals surface area contributed by atoms with Crippen LogP contribution in [-0.2, 0) is 11.2 Å². The molecule has 1 amide bonds. The summed E-state index contributed by atoms with van der Waals surface area (Å²) in [5.74, 6) is 0.104. The van der Waals surface area contributed by atoms with E-state index in [1.807, 2.05) is 25.2 Å². The van der Waals surface area contributed by atoms with E-state index < -0.39 is 0 Å². The molecular weight excluding hydrogens is 362 g/mol. The first kappa shape index (κ1) is 25.2. The molecule has 1 unspecified atom stereocenters. The number of hydrogen-bond acceptors (Lipinski definition) is 4. The van der Waals surface area contributed by atoms with Gasteiger partial charge in [-0.05, 0) is 76.0 Å². The van der Waals surface area contributed by atoms with Crippen LogP contribution in [0.1, 0.15) is 75.7 Å². The minimum Gasteiger partial charge on any atom is -0.374 e. The van der Waals surface area contributed by atoms with Gasteiger partial charge in [0.25, 0.3) is 0 Å². The summed E-state index contributed by atoms with van der Waals surface area (Å²) in [7, 11) is 2.02. The quantitative estimate of drug-likeness (QED) is 0.444. The van der Waals surface area contributed by atoms with Crippen LogP contribution < -0.4 is 10.2 Å². The van der Waals surface area contributed by atoms with Crippen molar-refractivity contribution in [2.45, 2.75) is 72.3 Å². The molecule has 0 aromatic heterocycles. The van der Waals surface area contributed by atoms with Gasteiger partial charge in [0.05, 0.1) is 0 Å². The van der Waals surface area contributed by atoms with Crippen molar-refractivity contribution >= 4 is 17.9 Å². The van der Waals surface area contributed by atoms with E-state index in [1.54, 1.807) is 0 Å². The maximum absolute atomic E-state index is 12.4. The molecule has 0 radical (unpaired) electrons. The van der Waals surface area contributed by atoms with E-state index in [9.17, 15) is 9.59 Å². The summed E-state index contributed by atoms with van der Waals surface area (Å²) >= 11 is 0. The summed E-state index contributed by atoms with van der Waals surface area (Å²) in [4.78, 5) is 28.0. The summed E-state index contributed by atoms with van der Waals surface area (Å²) in [6.07, 6.45) is 6.64. The Balaban J connectivity index is 2.49. The fraction of sp³-hybridized carbons (Fsp3) is 0.667. The van der Waals surface area contributed by atoms with E-state index in [4.69, 9.17) is 0 Å². The van der Waals surface area contributed by atoms with Crippen molar-refractivity contribution in [2.75, 3.05) is 38.1 Å². The second kappa shape index (κ2) is 14.2. The first-order valence-corrected chi connectivity index (χ1v) is 11.3. The molecular formula is C24H41N3O2. The summed E-state index contributed by atoms with van der Waals surface area (Å²) in [6.45, 7) is 12.5. The summed E-state index contributed by atoms with van der Waals surface area (Å²) < 4.78 is 0. The molecule has 0 saturated carbocycles. The molecule has 1 aromatic carbocycles. The molecule has 1 aromatic rings. The van der Waals surface area contributed by atoms with Gasteiger partial charge in [0, 0.05) is 37.3 Å². The lowest BCUT2D eigenvalue weighted by Gasteiger charge is -2.23. The van der Waals surface area contributed by atoms with Gasteiger partial charge in [0.2, 0.25) is 5.91 Å². The first-order chi connectivity index (χ1) is 13.9. The molecule has 5 heteroatoms. The average molecular weight is 404 g/mol. The van der Waals surface area contributed by atoms with Gasteiger partial charge < -0.3 is 15.1 Å². The van der Waals surface area contributed by atoms with Crippen LogP contribution in [-0.4, -0.2) is 56.4 Å². The Morgan fingerprint density at radius 3 is 2.48 bits per heavy atom. The summed E-state index contributed by atoms with van der Waals surface area (Å²) in [5.41, 5.74) is 3.01. The number of aldehydes is 1. The van der Waals surface area contributed by atoms with Crippen molar-refractivity contribution in [1.29, 1.82) is 0 Å². The van der Waals surface area contributed by atoms with Crippen LogP contribution in [0.4, 0.5) is 5.69 Å². The zero-order valence-corrected chi connectivity index (χ0v) is 19.2. The number of carbonyl (C=O) groups excluding carboxylic acids is 2. The van der Waals surface area contributed by atoms with Crippen molar-refractivity contribution in [2.24, 2.45) is 0 Å². The average Bonchev–Trinajstić information content (AvgIpc) is 2.73. The summed E-state index contributed by atoms with van der Waals surface area (Å²) in [5, 5.41) is 3.13. The Hall–Kier alpha value is -1.88. The molecule has 5 nitrogen and oxygen atoms in total. The van der Waals surface area contributed by atoms with Crippen molar-refractivity contribution in [1.82, 2.24) is 10.2 Å². The number of anilines is 1. The molecule has 1 rings (SSSR count). The molecule has 29 heavy (non-hydrogen) atoms. The topological polar surface area (TPSA) is 52.7 Å². The van der Waals surface area contributed by atoms with E-state index in [0.717, 1.165) is 63.7 Å². The van der Waals surface area contributed by atoms with Gasteiger partial charge in [0.15, 0.2) is 0 Å². The number of hydrogen-bond donors (Lipinski definition) is 1. The largest absolute Gasteiger partial charge is 0.374 e. The maximum Gasteiger partial charge on any atom is 0.221 e. The standard InChI is InChI=1S/C24H41N3O2/c1-6-9-12-22-18-21(19-28)13-14-23(22)26(5)17-15-24(29)25-20(4)11-10-16-27(7-2)8-3/h13-14,18-20H,6-12,15-17H2,1-5H3,(H,25,29). The van der Waals surface area contributed by atoms with Gasteiger partial charge in [-0.3, -0.25) is 9.59 Å². The van der Waals surface area contributed by atoms with Crippen LogP contribution in [0.15, 0.2) is 18.2 Å². The normalized spacial score (nSPS) is 12.1. The minimum absolute atomic E-state index is 0.104. The zero-order valence-electron chi connectivity index (χ0n) is 19.2. The SMILES string of the molecule is CCCCc1cc(C=O)ccc1N(C)CCC(=O)NC(C)CCCN(CC)CC. The highest BCUT2D eigenvalue weighted by Gasteiger charge is 2.12.